The Morgan fingerprint density at radius 3 is 1.33 bits per heavy atom. The van der Waals surface area contributed by atoms with E-state index in [1.165, 1.54) is 30.3 Å². The monoisotopic (exact) mass is 1000 g/mol. The summed E-state index contributed by atoms with van der Waals surface area (Å²) in [6, 6.07) is 18.3. The number of halogens is 9. The van der Waals surface area contributed by atoms with E-state index < -0.39 is 53.1 Å². The Labute approximate surface area is 406 Å². The van der Waals surface area contributed by atoms with Crippen molar-refractivity contribution in [2.45, 2.75) is 109 Å². The molecule has 0 aliphatic heterocycles. The second-order valence-electron chi connectivity index (χ2n) is 18.2. The molecule has 0 bridgehead atoms. The van der Waals surface area contributed by atoms with E-state index in [0.717, 1.165) is 44.6 Å². The van der Waals surface area contributed by atoms with Crippen LogP contribution in [0.1, 0.15) is 150 Å². The molecule has 1 amide bonds. The number of esters is 1. The quantitative estimate of drug-likeness (QED) is 0.107. The van der Waals surface area contributed by atoms with E-state index in [0.29, 0.717) is 55.2 Å². The van der Waals surface area contributed by atoms with Crippen LogP contribution in [0.4, 0.5) is 39.5 Å². The highest BCUT2D eigenvalue weighted by Gasteiger charge is 2.39. The third kappa shape index (κ3) is 11.6. The van der Waals surface area contributed by atoms with E-state index in [4.69, 9.17) is 9.84 Å². The first-order valence-corrected chi connectivity index (χ1v) is 23.1. The second kappa shape index (κ2) is 19.8. The van der Waals surface area contributed by atoms with E-state index in [9.17, 15) is 53.9 Å². The Balaban J connectivity index is 0.000000146. The number of aromatic carboxylic acids is 1. The van der Waals surface area contributed by atoms with E-state index in [1.807, 2.05) is 0 Å². The van der Waals surface area contributed by atoms with Crippen molar-refractivity contribution >= 4 is 50.6 Å². The Morgan fingerprint density at radius 2 is 0.972 bits per heavy atom. The van der Waals surface area contributed by atoms with Crippen molar-refractivity contribution in [2.24, 2.45) is 0 Å². The number of aromatic nitrogens is 4. The number of amides is 1. The molecule has 3 fully saturated rings. The van der Waals surface area contributed by atoms with Crippen molar-refractivity contribution in [3.05, 3.63) is 152 Å². The highest BCUT2D eigenvalue weighted by atomic mass is 19.4. The number of nitrogens with one attached hydrogen (secondary N) is 1. The van der Waals surface area contributed by atoms with Gasteiger partial charge in [-0.25, -0.2) is 24.5 Å². The number of fused-ring (bicyclic) bond motifs is 3. The summed E-state index contributed by atoms with van der Waals surface area (Å²) in [6.45, 7) is 6.94. The molecule has 0 radical (unpaired) electrons. The van der Waals surface area contributed by atoms with Crippen molar-refractivity contribution in [3.8, 4) is 0 Å². The van der Waals surface area contributed by atoms with E-state index in [-0.39, 0.29) is 64.5 Å². The van der Waals surface area contributed by atoms with E-state index in [1.54, 1.807) is 70.3 Å². The first kappa shape index (κ1) is 51.2. The zero-order valence-electron chi connectivity index (χ0n) is 39.2. The van der Waals surface area contributed by atoms with Gasteiger partial charge in [0.05, 0.1) is 52.1 Å². The molecule has 72 heavy (non-hydrogen) atoms. The minimum Gasteiger partial charge on any atom is -0.477 e. The van der Waals surface area contributed by atoms with Crippen LogP contribution >= 0.6 is 0 Å². The fraction of sp³-hybridized carbons (Fsp3) is 0.340. The average Bonchev–Trinajstić information content (AvgIpc) is 4.14. The average molecular weight is 1000 g/mol. The molecule has 19 heteroatoms. The van der Waals surface area contributed by atoms with Crippen molar-refractivity contribution in [2.75, 3.05) is 6.61 Å². The number of carbonyl (C=O) groups excluding carboxylic acids is 2. The number of ether oxygens (including phenoxy) is 1. The smallest absolute Gasteiger partial charge is 0.418 e. The zero-order chi connectivity index (χ0) is 52.0. The molecular weight excluding hydrogens is 958 g/mol. The van der Waals surface area contributed by atoms with Gasteiger partial charge in [-0.15, -0.1) is 0 Å². The molecule has 0 unspecified atom stereocenters. The number of benzene rings is 3. The fourth-order valence-corrected chi connectivity index (χ4v) is 8.45. The molecule has 0 saturated heterocycles. The summed E-state index contributed by atoms with van der Waals surface area (Å²) in [6.07, 6.45) is -6.59. The first-order valence-electron chi connectivity index (χ1n) is 23.1. The van der Waals surface area contributed by atoms with Crippen molar-refractivity contribution in [3.63, 3.8) is 0 Å². The van der Waals surface area contributed by atoms with Gasteiger partial charge in [-0.3, -0.25) is 9.78 Å². The van der Waals surface area contributed by atoms with Crippen LogP contribution < -0.4 is 5.32 Å². The predicted octanol–water partition coefficient (Wildman–Crippen LogP) is 13.5. The number of hydrogen-bond acceptors (Lipinski definition) is 8. The second-order valence-corrected chi connectivity index (χ2v) is 18.2. The number of rotatable bonds is 9. The van der Waals surface area contributed by atoms with Crippen molar-refractivity contribution in [1.29, 1.82) is 0 Å². The van der Waals surface area contributed by atoms with Gasteiger partial charge in [-0.1, -0.05) is 6.07 Å². The maximum atomic E-state index is 13.7. The molecule has 3 aliphatic rings. The van der Waals surface area contributed by atoms with Crippen molar-refractivity contribution < 1.29 is 63.7 Å². The largest absolute Gasteiger partial charge is 0.477 e. The normalized spacial score (nSPS) is 14.8. The number of aryl methyl sites for hydroxylation is 3. The number of carboxylic acid groups (broad SMARTS) is 1. The SMILES string of the molecule is CCOC(=O)c1cc(C)c2cc(C3CC3)cc(C(F)(F)F)c2n1.Cc1cc(C(=O)NCc2ccccn2)nc2c(C(F)(F)F)cc(C3CC3)cc12.Cc1cc(C(=O)O)nc2c(C(F)(F)F)cc(C3CC3)cc12. The lowest BCUT2D eigenvalue weighted by Crippen LogP contribution is -2.24. The van der Waals surface area contributed by atoms with Gasteiger partial charge in [0.2, 0.25) is 0 Å². The van der Waals surface area contributed by atoms with Crippen LogP contribution in [0.15, 0.2) is 79.0 Å². The Bertz CT molecular complexity index is 3260. The molecule has 7 aromatic rings. The molecule has 4 heterocycles. The summed E-state index contributed by atoms with van der Waals surface area (Å²) >= 11 is 0. The van der Waals surface area contributed by atoms with Crippen LogP contribution in [0.5, 0.6) is 0 Å². The maximum absolute atomic E-state index is 13.7. The lowest BCUT2D eigenvalue weighted by Gasteiger charge is -2.15. The molecule has 10 rings (SSSR count). The molecule has 3 aromatic carbocycles. The standard InChI is InChI=1S/C21H18F3N3O.C17H16F3NO2.C15H12F3NO2/c1-12-8-18(20(28)26-11-15-4-2-3-7-25-15)27-19-16(12)9-14(13-5-6-13)10-17(19)21(22,23)24;1-3-23-16(22)14-6-9(2)12-7-11(10-4-5-10)8-13(15(12)21-14)17(18,19)20;1-7-4-12(14(20)21)19-13-10(7)5-9(8-2-3-8)6-11(13)15(16,17)18/h2-4,7-10,13H,5-6,11H2,1H3,(H,26,28);6-8,10H,3-5H2,1-2H3;4-6,8H,2-3H2,1H3,(H,20,21). The van der Waals surface area contributed by atoms with Crippen LogP contribution in [-0.2, 0) is 29.8 Å². The topological polar surface area (TPSA) is 144 Å². The Kier molecular flexibility index (Phi) is 14.1. The molecule has 0 atom stereocenters. The van der Waals surface area contributed by atoms with Gasteiger partial charge in [-0.2, -0.15) is 39.5 Å². The number of pyridine rings is 4. The molecule has 2 N–H and O–H groups in total. The molecule has 3 aliphatic carbocycles. The number of nitrogens with zero attached hydrogens (tertiary/aromatic N) is 4. The number of alkyl halides is 9. The van der Waals surface area contributed by atoms with E-state index in [2.05, 4.69) is 25.3 Å². The van der Waals surface area contributed by atoms with Crippen LogP contribution in [0, 0.1) is 20.8 Å². The van der Waals surface area contributed by atoms with E-state index >= 15 is 0 Å². The molecule has 376 valence electrons. The maximum Gasteiger partial charge on any atom is 0.418 e. The van der Waals surface area contributed by atoms with Gasteiger partial charge >= 0.3 is 30.5 Å². The van der Waals surface area contributed by atoms with Crippen LogP contribution in [-0.4, -0.2) is 49.5 Å². The molecular formula is C53H46F9N5O5. The highest BCUT2D eigenvalue weighted by Crippen LogP contribution is 2.47. The highest BCUT2D eigenvalue weighted by molar-refractivity contribution is 5.97. The summed E-state index contributed by atoms with van der Waals surface area (Å²) in [7, 11) is 0. The van der Waals surface area contributed by atoms with Crippen LogP contribution in [0.3, 0.4) is 0 Å². The van der Waals surface area contributed by atoms with Gasteiger partial charge in [0.1, 0.15) is 17.1 Å². The molecule has 10 nitrogen and oxygen atoms in total. The summed E-state index contributed by atoms with van der Waals surface area (Å²) < 4.78 is 126. The van der Waals surface area contributed by atoms with Gasteiger partial charge in [-0.05, 0) is 184 Å². The van der Waals surface area contributed by atoms with Crippen molar-refractivity contribution in [1.82, 2.24) is 25.3 Å². The number of hydrogen-bond donors (Lipinski definition) is 2. The predicted molar refractivity (Wildman–Crippen MR) is 249 cm³/mol. The Morgan fingerprint density at radius 1 is 0.583 bits per heavy atom. The lowest BCUT2D eigenvalue weighted by molar-refractivity contribution is -0.137. The number of carboxylic acids is 1. The third-order valence-corrected chi connectivity index (χ3v) is 12.6. The van der Waals surface area contributed by atoms with Gasteiger partial charge < -0.3 is 15.2 Å². The van der Waals surface area contributed by atoms with Gasteiger partial charge in [0.25, 0.3) is 5.91 Å². The molecule has 0 spiro atoms. The molecule has 3 saturated carbocycles. The van der Waals surface area contributed by atoms with Crippen LogP contribution in [0.25, 0.3) is 32.7 Å². The fourth-order valence-electron chi connectivity index (χ4n) is 8.45. The third-order valence-electron chi connectivity index (χ3n) is 12.6. The summed E-state index contributed by atoms with van der Waals surface area (Å²) in [4.78, 5) is 51.1. The zero-order valence-corrected chi connectivity index (χ0v) is 39.2. The summed E-state index contributed by atoms with van der Waals surface area (Å²) in [5.74, 6) is -2.02. The minimum absolute atomic E-state index is 0.0365. The lowest BCUT2D eigenvalue weighted by atomic mass is 9.98. The minimum atomic E-state index is -4.56. The number of carbonyl (C=O) groups is 3. The summed E-state index contributed by atoms with van der Waals surface area (Å²) in [5.41, 5.74) is 0.786. The van der Waals surface area contributed by atoms with Gasteiger partial charge in [0.15, 0.2) is 0 Å². The first-order chi connectivity index (χ1) is 33.9. The summed E-state index contributed by atoms with van der Waals surface area (Å²) in [5, 5.41) is 12.9. The van der Waals surface area contributed by atoms with Gasteiger partial charge in [0, 0.05) is 22.4 Å². The van der Waals surface area contributed by atoms with Crippen LogP contribution in [0.2, 0.25) is 0 Å². The Hall–Kier alpha value is -7.18. The molecule has 4 aromatic heterocycles.